The molecule has 2 nitrogen and oxygen atoms in total. The van der Waals surface area contributed by atoms with Crippen LogP contribution >= 0.6 is 11.6 Å². The summed E-state index contributed by atoms with van der Waals surface area (Å²) in [5.74, 6) is 1.64. The monoisotopic (exact) mass is 334 g/mol. The number of halogens is 1. The van der Waals surface area contributed by atoms with E-state index in [2.05, 4.69) is 31.2 Å². The van der Waals surface area contributed by atoms with Crippen molar-refractivity contribution in [1.29, 1.82) is 0 Å². The Morgan fingerprint density at radius 3 is 2.30 bits per heavy atom. The zero-order valence-corrected chi connectivity index (χ0v) is 14.7. The standard InChI is InChI=1S/C20H27ClO2/c1-2-3-4-15-13-22-20(23-14-15)18-7-5-16(6-8-18)17-9-11-19(21)12-10-17/h3-4,9-12,15-16,18,20H,2,5-8,13-14H2,1H3. The highest BCUT2D eigenvalue weighted by Gasteiger charge is 2.32. The fraction of sp³-hybridized carbons (Fsp3) is 0.600. The average molecular weight is 335 g/mol. The summed E-state index contributed by atoms with van der Waals surface area (Å²) in [7, 11) is 0. The SMILES string of the molecule is CCC=CC1COC(C2CCC(c3ccc(Cl)cc3)CC2)OC1. The van der Waals surface area contributed by atoms with Gasteiger partial charge in [-0.25, -0.2) is 0 Å². The third kappa shape index (κ3) is 4.59. The highest BCUT2D eigenvalue weighted by molar-refractivity contribution is 6.30. The van der Waals surface area contributed by atoms with Crippen LogP contribution in [-0.2, 0) is 9.47 Å². The van der Waals surface area contributed by atoms with Crippen LogP contribution in [-0.4, -0.2) is 19.5 Å². The van der Waals surface area contributed by atoms with Crippen LogP contribution in [0.1, 0.15) is 50.5 Å². The van der Waals surface area contributed by atoms with Crippen LogP contribution in [0.2, 0.25) is 5.02 Å². The van der Waals surface area contributed by atoms with E-state index < -0.39 is 0 Å². The summed E-state index contributed by atoms with van der Waals surface area (Å²) in [5, 5.41) is 0.818. The lowest BCUT2D eigenvalue weighted by molar-refractivity contribution is -0.222. The van der Waals surface area contributed by atoms with Gasteiger partial charge >= 0.3 is 0 Å². The Kier molecular flexibility index (Phi) is 6.15. The van der Waals surface area contributed by atoms with Gasteiger partial charge < -0.3 is 9.47 Å². The molecule has 3 rings (SSSR count). The summed E-state index contributed by atoms with van der Waals surface area (Å²) in [6.45, 7) is 3.76. The Balaban J connectivity index is 1.46. The van der Waals surface area contributed by atoms with Crippen molar-refractivity contribution in [2.24, 2.45) is 11.8 Å². The molecule has 0 bridgehead atoms. The Labute approximate surface area is 144 Å². The van der Waals surface area contributed by atoms with Gasteiger partial charge in [0.15, 0.2) is 6.29 Å². The summed E-state index contributed by atoms with van der Waals surface area (Å²) >= 11 is 5.98. The zero-order valence-electron chi connectivity index (χ0n) is 13.9. The van der Waals surface area contributed by atoms with Gasteiger partial charge in [-0.2, -0.15) is 0 Å². The third-order valence-corrected chi connectivity index (χ3v) is 5.34. The molecule has 0 unspecified atom stereocenters. The Morgan fingerprint density at radius 1 is 1.04 bits per heavy atom. The molecule has 3 heteroatoms. The van der Waals surface area contributed by atoms with Crippen molar-refractivity contribution in [3.05, 3.63) is 47.0 Å². The Bertz CT molecular complexity index is 495. The van der Waals surface area contributed by atoms with Crippen LogP contribution in [0.4, 0.5) is 0 Å². The third-order valence-electron chi connectivity index (χ3n) is 5.09. The molecule has 0 aromatic heterocycles. The second-order valence-corrected chi connectivity index (χ2v) is 7.23. The van der Waals surface area contributed by atoms with E-state index >= 15 is 0 Å². The van der Waals surface area contributed by atoms with Gasteiger partial charge in [-0.15, -0.1) is 0 Å². The first-order valence-electron chi connectivity index (χ1n) is 8.91. The summed E-state index contributed by atoms with van der Waals surface area (Å²) in [4.78, 5) is 0. The predicted molar refractivity (Wildman–Crippen MR) is 94.8 cm³/mol. The summed E-state index contributed by atoms with van der Waals surface area (Å²) in [6.07, 6.45) is 10.3. The minimum Gasteiger partial charge on any atom is -0.352 e. The van der Waals surface area contributed by atoms with E-state index in [0.29, 0.717) is 17.8 Å². The molecular weight excluding hydrogens is 308 g/mol. The quantitative estimate of drug-likeness (QED) is 0.670. The van der Waals surface area contributed by atoms with Crippen LogP contribution < -0.4 is 0 Å². The van der Waals surface area contributed by atoms with Gasteiger partial charge in [-0.3, -0.25) is 0 Å². The van der Waals surface area contributed by atoms with Crippen molar-refractivity contribution >= 4 is 11.6 Å². The molecule has 2 fully saturated rings. The maximum Gasteiger partial charge on any atom is 0.160 e. The van der Waals surface area contributed by atoms with E-state index in [9.17, 15) is 0 Å². The Hall–Kier alpha value is -0.830. The van der Waals surface area contributed by atoms with Crippen molar-refractivity contribution in [1.82, 2.24) is 0 Å². The fourth-order valence-electron chi connectivity index (χ4n) is 3.70. The zero-order chi connectivity index (χ0) is 16.1. The van der Waals surface area contributed by atoms with Gasteiger partial charge in [0.05, 0.1) is 13.2 Å². The molecule has 0 N–H and O–H groups in total. The minimum atomic E-state index is 0.00689. The first-order chi connectivity index (χ1) is 11.3. The van der Waals surface area contributed by atoms with Gasteiger partial charge in [0.1, 0.15) is 0 Å². The van der Waals surface area contributed by atoms with Gasteiger partial charge in [0.2, 0.25) is 0 Å². The van der Waals surface area contributed by atoms with Crippen molar-refractivity contribution < 1.29 is 9.47 Å². The molecule has 2 aliphatic rings. The Morgan fingerprint density at radius 2 is 1.70 bits per heavy atom. The predicted octanol–water partition coefficient (Wildman–Crippen LogP) is 5.57. The second-order valence-electron chi connectivity index (χ2n) is 6.79. The molecule has 0 atom stereocenters. The van der Waals surface area contributed by atoms with Gasteiger partial charge in [-0.1, -0.05) is 42.8 Å². The fourth-order valence-corrected chi connectivity index (χ4v) is 3.83. The van der Waals surface area contributed by atoms with Gasteiger partial charge in [0.25, 0.3) is 0 Å². The van der Waals surface area contributed by atoms with Crippen LogP contribution in [0.3, 0.4) is 0 Å². The average Bonchev–Trinajstić information content (AvgIpc) is 2.61. The molecule has 1 aromatic carbocycles. The first-order valence-corrected chi connectivity index (χ1v) is 9.29. The topological polar surface area (TPSA) is 18.5 Å². The number of ether oxygens (including phenoxy) is 2. The van der Waals surface area contributed by atoms with Gasteiger partial charge in [0, 0.05) is 16.9 Å². The lowest BCUT2D eigenvalue weighted by Gasteiger charge is -2.37. The minimum absolute atomic E-state index is 0.00689. The number of allylic oxidation sites excluding steroid dienone is 1. The van der Waals surface area contributed by atoms with Crippen LogP contribution in [0.15, 0.2) is 36.4 Å². The van der Waals surface area contributed by atoms with Crippen molar-refractivity contribution in [3.8, 4) is 0 Å². The summed E-state index contributed by atoms with van der Waals surface area (Å²) in [6, 6.07) is 8.35. The maximum atomic E-state index is 5.99. The summed E-state index contributed by atoms with van der Waals surface area (Å²) in [5.41, 5.74) is 1.42. The molecule has 1 heterocycles. The van der Waals surface area contributed by atoms with E-state index in [1.54, 1.807) is 0 Å². The maximum absolute atomic E-state index is 5.99. The highest BCUT2D eigenvalue weighted by atomic mass is 35.5. The molecule has 0 spiro atoms. The second kappa shape index (κ2) is 8.32. The smallest absolute Gasteiger partial charge is 0.160 e. The van der Waals surface area contributed by atoms with E-state index in [0.717, 1.165) is 24.7 Å². The molecule has 1 aromatic rings. The highest BCUT2D eigenvalue weighted by Crippen LogP contribution is 2.39. The number of hydrogen-bond acceptors (Lipinski definition) is 2. The number of benzene rings is 1. The van der Waals surface area contributed by atoms with E-state index in [4.69, 9.17) is 21.1 Å². The molecule has 23 heavy (non-hydrogen) atoms. The summed E-state index contributed by atoms with van der Waals surface area (Å²) < 4.78 is 12.0. The molecule has 1 saturated carbocycles. The van der Waals surface area contributed by atoms with Crippen LogP contribution in [0, 0.1) is 11.8 Å². The van der Waals surface area contributed by atoms with Crippen LogP contribution in [0.5, 0.6) is 0 Å². The normalized spacial score (nSPS) is 32.3. The van der Waals surface area contributed by atoms with E-state index in [1.807, 2.05) is 12.1 Å². The molecule has 0 amide bonds. The molecular formula is C20H27ClO2. The van der Waals surface area contributed by atoms with E-state index in [1.165, 1.54) is 31.2 Å². The molecule has 1 saturated heterocycles. The number of hydrogen-bond donors (Lipinski definition) is 0. The molecule has 1 aliphatic carbocycles. The van der Waals surface area contributed by atoms with Gasteiger partial charge in [-0.05, 0) is 55.7 Å². The van der Waals surface area contributed by atoms with Crippen molar-refractivity contribution in [3.63, 3.8) is 0 Å². The molecule has 126 valence electrons. The molecule has 0 radical (unpaired) electrons. The lowest BCUT2D eigenvalue weighted by Crippen LogP contribution is -2.37. The molecule has 1 aliphatic heterocycles. The number of rotatable bonds is 4. The van der Waals surface area contributed by atoms with E-state index in [-0.39, 0.29) is 6.29 Å². The largest absolute Gasteiger partial charge is 0.352 e. The first kappa shape index (κ1) is 17.0. The lowest BCUT2D eigenvalue weighted by atomic mass is 9.78. The van der Waals surface area contributed by atoms with Crippen LogP contribution in [0.25, 0.3) is 0 Å². The van der Waals surface area contributed by atoms with Crippen molar-refractivity contribution in [2.75, 3.05) is 13.2 Å². The van der Waals surface area contributed by atoms with Crippen molar-refractivity contribution in [2.45, 2.75) is 51.2 Å².